The van der Waals surface area contributed by atoms with Crippen LogP contribution >= 0.6 is 0 Å². The molecule has 1 aliphatic heterocycles. The molecule has 0 unspecified atom stereocenters. The second-order valence-corrected chi connectivity index (χ2v) is 6.84. The quantitative estimate of drug-likeness (QED) is 0.784. The predicted molar refractivity (Wildman–Crippen MR) is 99.8 cm³/mol. The lowest BCUT2D eigenvalue weighted by atomic mass is 10.1. The molecule has 1 N–H and O–H groups in total. The molecule has 0 saturated carbocycles. The fourth-order valence-corrected chi connectivity index (χ4v) is 3.54. The number of carbonyl (C=O) groups excluding carboxylic acids is 1. The Morgan fingerprint density at radius 3 is 2.81 bits per heavy atom. The lowest BCUT2D eigenvalue weighted by molar-refractivity contribution is 0.0726. The van der Waals surface area contributed by atoms with Crippen molar-refractivity contribution < 1.29 is 4.79 Å². The Labute approximate surface area is 153 Å². The molecule has 26 heavy (non-hydrogen) atoms. The van der Waals surface area contributed by atoms with E-state index in [0.29, 0.717) is 5.69 Å². The number of carbonyl (C=O) groups is 1. The summed E-state index contributed by atoms with van der Waals surface area (Å²) in [6.07, 6.45) is 4.35. The maximum Gasteiger partial charge on any atom is 0.272 e. The Morgan fingerprint density at radius 1 is 1.19 bits per heavy atom. The Hall–Kier alpha value is -2.95. The highest BCUT2D eigenvalue weighted by atomic mass is 16.2. The molecule has 1 fully saturated rings. The van der Waals surface area contributed by atoms with Gasteiger partial charge in [0.15, 0.2) is 0 Å². The van der Waals surface area contributed by atoms with Gasteiger partial charge < -0.3 is 4.90 Å². The van der Waals surface area contributed by atoms with Gasteiger partial charge in [-0.2, -0.15) is 5.10 Å². The maximum absolute atomic E-state index is 12.7. The van der Waals surface area contributed by atoms with E-state index >= 15 is 0 Å². The van der Waals surface area contributed by atoms with E-state index in [1.807, 2.05) is 17.0 Å². The van der Waals surface area contributed by atoms with Gasteiger partial charge in [-0.15, -0.1) is 0 Å². The highest BCUT2D eigenvalue weighted by molar-refractivity contribution is 5.92. The highest BCUT2D eigenvalue weighted by Crippen LogP contribution is 2.32. The first-order valence-corrected chi connectivity index (χ1v) is 9.02. The van der Waals surface area contributed by atoms with Crippen LogP contribution in [0.5, 0.6) is 0 Å². The molecule has 1 aliphatic rings. The monoisotopic (exact) mass is 346 g/mol. The zero-order valence-corrected chi connectivity index (χ0v) is 14.9. The first kappa shape index (κ1) is 16.5. The molecule has 0 bridgehead atoms. The molecule has 4 rings (SSSR count). The van der Waals surface area contributed by atoms with E-state index in [1.54, 1.807) is 12.3 Å². The van der Waals surface area contributed by atoms with Gasteiger partial charge in [-0.1, -0.05) is 35.9 Å². The molecule has 132 valence electrons. The number of pyridine rings is 1. The van der Waals surface area contributed by atoms with Crippen molar-refractivity contribution in [1.82, 2.24) is 20.1 Å². The summed E-state index contributed by atoms with van der Waals surface area (Å²) in [4.78, 5) is 19.5. The molecule has 0 spiro atoms. The van der Waals surface area contributed by atoms with E-state index in [2.05, 4.69) is 47.5 Å². The smallest absolute Gasteiger partial charge is 0.272 e. The van der Waals surface area contributed by atoms with Crippen molar-refractivity contribution in [2.75, 3.05) is 6.54 Å². The van der Waals surface area contributed by atoms with Crippen LogP contribution in [-0.4, -0.2) is 32.5 Å². The number of aromatic amines is 1. The van der Waals surface area contributed by atoms with Gasteiger partial charge in [0.2, 0.25) is 0 Å². The average Bonchev–Trinajstić information content (AvgIpc) is 3.35. The summed E-state index contributed by atoms with van der Waals surface area (Å²) in [7, 11) is 0. The van der Waals surface area contributed by atoms with E-state index in [-0.39, 0.29) is 11.9 Å². The minimum Gasteiger partial charge on any atom is -0.329 e. The first-order valence-electron chi connectivity index (χ1n) is 9.02. The van der Waals surface area contributed by atoms with Crippen LogP contribution in [0.25, 0.3) is 0 Å². The Balaban J connectivity index is 1.55. The van der Waals surface area contributed by atoms with Crippen molar-refractivity contribution in [3.8, 4) is 0 Å². The Kier molecular flexibility index (Phi) is 4.52. The number of benzene rings is 1. The molecule has 5 heteroatoms. The van der Waals surface area contributed by atoms with Crippen LogP contribution in [-0.2, 0) is 6.42 Å². The summed E-state index contributed by atoms with van der Waals surface area (Å²) >= 11 is 0. The van der Waals surface area contributed by atoms with Crippen molar-refractivity contribution in [3.63, 3.8) is 0 Å². The van der Waals surface area contributed by atoms with E-state index in [4.69, 9.17) is 4.98 Å². The fraction of sp³-hybridized carbons (Fsp3) is 0.286. The van der Waals surface area contributed by atoms with Gasteiger partial charge >= 0.3 is 0 Å². The number of rotatable bonds is 4. The molecule has 3 heterocycles. The topological polar surface area (TPSA) is 61.9 Å². The van der Waals surface area contributed by atoms with Gasteiger partial charge in [-0.25, -0.2) is 0 Å². The van der Waals surface area contributed by atoms with E-state index in [0.717, 1.165) is 37.2 Å². The van der Waals surface area contributed by atoms with Gasteiger partial charge in [0.25, 0.3) is 5.91 Å². The number of likely N-dealkylation sites (tertiary alicyclic amines) is 1. The Morgan fingerprint density at radius 2 is 2.04 bits per heavy atom. The molecule has 3 aromatic rings. The van der Waals surface area contributed by atoms with Crippen molar-refractivity contribution >= 4 is 5.91 Å². The molecule has 2 aromatic heterocycles. The molecular formula is C21H22N4O. The Bertz CT molecular complexity index is 887. The second-order valence-electron chi connectivity index (χ2n) is 6.84. The standard InChI is InChI=1S/C21H22N4O/c1-15-7-9-16(10-8-15)14-17-4-2-5-18(23-17)20-6-3-13-25(20)21(26)19-11-12-22-24-19/h2,4-5,7-12,20H,3,6,13-14H2,1H3,(H,22,24)/t20-/m1/s1. The first-order chi connectivity index (χ1) is 12.7. The van der Waals surface area contributed by atoms with Gasteiger partial charge in [0.1, 0.15) is 5.69 Å². The fourth-order valence-electron chi connectivity index (χ4n) is 3.54. The third-order valence-electron chi connectivity index (χ3n) is 4.92. The summed E-state index contributed by atoms with van der Waals surface area (Å²) in [6.45, 7) is 2.85. The number of H-pyrrole nitrogens is 1. The number of nitrogens with zero attached hydrogens (tertiary/aromatic N) is 3. The zero-order valence-electron chi connectivity index (χ0n) is 14.9. The summed E-state index contributed by atoms with van der Waals surface area (Å²) in [5.41, 5.74) is 5.05. The van der Waals surface area contributed by atoms with Crippen LogP contribution in [0.3, 0.4) is 0 Å². The van der Waals surface area contributed by atoms with Crippen molar-refractivity contribution in [3.05, 3.63) is 82.9 Å². The zero-order chi connectivity index (χ0) is 17.9. The van der Waals surface area contributed by atoms with Gasteiger partial charge in [-0.05, 0) is 43.5 Å². The average molecular weight is 346 g/mol. The van der Waals surface area contributed by atoms with E-state index in [9.17, 15) is 4.79 Å². The minimum absolute atomic E-state index is 0.00395. The van der Waals surface area contributed by atoms with Crippen LogP contribution < -0.4 is 0 Å². The number of amides is 1. The second kappa shape index (κ2) is 7.12. The molecule has 1 saturated heterocycles. The van der Waals surface area contributed by atoms with Crippen LogP contribution in [0.15, 0.2) is 54.7 Å². The lowest BCUT2D eigenvalue weighted by Gasteiger charge is -2.24. The molecule has 1 atom stereocenters. The van der Waals surface area contributed by atoms with Crippen LogP contribution in [0.2, 0.25) is 0 Å². The number of hydrogen-bond donors (Lipinski definition) is 1. The molecule has 1 aromatic carbocycles. The van der Waals surface area contributed by atoms with Crippen molar-refractivity contribution in [2.45, 2.75) is 32.2 Å². The minimum atomic E-state index is -0.00395. The molecule has 0 aliphatic carbocycles. The molecule has 0 radical (unpaired) electrons. The number of aromatic nitrogens is 3. The van der Waals surface area contributed by atoms with Crippen molar-refractivity contribution in [1.29, 1.82) is 0 Å². The maximum atomic E-state index is 12.7. The van der Waals surface area contributed by atoms with E-state index in [1.165, 1.54) is 11.1 Å². The van der Waals surface area contributed by atoms with Crippen LogP contribution in [0, 0.1) is 6.92 Å². The third kappa shape index (κ3) is 3.38. The summed E-state index contributed by atoms with van der Waals surface area (Å²) in [6, 6.07) is 16.4. The third-order valence-corrected chi connectivity index (χ3v) is 4.92. The molecule has 5 nitrogen and oxygen atoms in total. The summed E-state index contributed by atoms with van der Waals surface area (Å²) in [5, 5.41) is 6.66. The van der Waals surface area contributed by atoms with Crippen molar-refractivity contribution in [2.24, 2.45) is 0 Å². The number of hydrogen-bond acceptors (Lipinski definition) is 3. The predicted octanol–water partition coefficient (Wildman–Crippen LogP) is 3.68. The number of aryl methyl sites for hydroxylation is 1. The van der Waals surface area contributed by atoms with Gasteiger partial charge in [0, 0.05) is 24.9 Å². The largest absolute Gasteiger partial charge is 0.329 e. The summed E-state index contributed by atoms with van der Waals surface area (Å²) in [5.74, 6) is -0.00395. The lowest BCUT2D eigenvalue weighted by Crippen LogP contribution is -2.31. The SMILES string of the molecule is Cc1ccc(Cc2cccc([C@H]3CCCN3C(=O)c3ccn[nH]3)n2)cc1. The normalized spacial score (nSPS) is 16.8. The highest BCUT2D eigenvalue weighted by Gasteiger charge is 2.32. The van der Waals surface area contributed by atoms with Gasteiger partial charge in [-0.3, -0.25) is 14.9 Å². The van der Waals surface area contributed by atoms with Crippen LogP contribution in [0.4, 0.5) is 0 Å². The van der Waals surface area contributed by atoms with Crippen LogP contribution in [0.1, 0.15) is 51.9 Å². The van der Waals surface area contributed by atoms with Gasteiger partial charge in [0.05, 0.1) is 11.7 Å². The number of nitrogens with one attached hydrogen (secondary N) is 1. The molecular weight excluding hydrogens is 324 g/mol. The molecule has 1 amide bonds. The summed E-state index contributed by atoms with van der Waals surface area (Å²) < 4.78 is 0. The van der Waals surface area contributed by atoms with E-state index < -0.39 is 0 Å².